The molecule has 0 aliphatic carbocycles. The molecule has 2 heterocycles. The van der Waals surface area contributed by atoms with E-state index in [2.05, 4.69) is 12.2 Å². The van der Waals surface area contributed by atoms with Crippen molar-refractivity contribution in [2.45, 2.75) is 44.8 Å². The Kier molecular flexibility index (Phi) is 4.42. The molecule has 88 valence electrons. The lowest BCUT2D eigenvalue weighted by Gasteiger charge is -2.23. The van der Waals surface area contributed by atoms with Crippen LogP contribution in [-0.2, 0) is 9.47 Å². The zero-order chi connectivity index (χ0) is 10.5. The molecule has 3 nitrogen and oxygen atoms in total. The summed E-state index contributed by atoms with van der Waals surface area (Å²) in [6, 6.07) is 0. The highest BCUT2D eigenvalue weighted by molar-refractivity contribution is 4.71. The maximum Gasteiger partial charge on any atom is 0.0813 e. The van der Waals surface area contributed by atoms with E-state index in [-0.39, 0.29) is 0 Å². The summed E-state index contributed by atoms with van der Waals surface area (Å²) < 4.78 is 11.5. The van der Waals surface area contributed by atoms with Crippen LogP contribution in [0.5, 0.6) is 0 Å². The van der Waals surface area contributed by atoms with Crippen molar-refractivity contribution >= 4 is 0 Å². The molecule has 2 aliphatic rings. The first-order chi connectivity index (χ1) is 7.34. The third-order valence-corrected chi connectivity index (χ3v) is 3.44. The molecule has 2 rings (SSSR count). The fourth-order valence-electron chi connectivity index (χ4n) is 2.42. The average Bonchev–Trinajstić information content (AvgIpc) is 2.66. The highest BCUT2D eigenvalue weighted by Gasteiger charge is 2.22. The SMILES string of the molecule is CC1CCC(COCC2CCNCC2)O1. The summed E-state index contributed by atoms with van der Waals surface area (Å²) in [7, 11) is 0. The second-order valence-corrected chi connectivity index (χ2v) is 4.88. The molecule has 0 spiro atoms. The molecule has 2 saturated heterocycles. The Morgan fingerprint density at radius 2 is 1.93 bits per heavy atom. The van der Waals surface area contributed by atoms with Crippen molar-refractivity contribution in [1.29, 1.82) is 0 Å². The normalized spacial score (nSPS) is 33.4. The van der Waals surface area contributed by atoms with Crippen molar-refractivity contribution in [3.8, 4) is 0 Å². The Bertz CT molecular complexity index is 176. The smallest absolute Gasteiger partial charge is 0.0813 e. The van der Waals surface area contributed by atoms with Crippen LogP contribution in [0.3, 0.4) is 0 Å². The molecular formula is C12H23NO2. The van der Waals surface area contributed by atoms with Gasteiger partial charge in [-0.3, -0.25) is 0 Å². The molecule has 2 unspecified atom stereocenters. The van der Waals surface area contributed by atoms with Crippen LogP contribution in [0.25, 0.3) is 0 Å². The van der Waals surface area contributed by atoms with Crippen LogP contribution in [0.1, 0.15) is 32.6 Å². The summed E-state index contributed by atoms with van der Waals surface area (Å²) in [5.41, 5.74) is 0. The molecule has 0 bridgehead atoms. The van der Waals surface area contributed by atoms with Gasteiger partial charge in [-0.15, -0.1) is 0 Å². The first kappa shape index (κ1) is 11.4. The summed E-state index contributed by atoms with van der Waals surface area (Å²) in [5.74, 6) is 0.769. The van der Waals surface area contributed by atoms with Crippen LogP contribution in [-0.4, -0.2) is 38.5 Å². The Morgan fingerprint density at radius 3 is 2.60 bits per heavy atom. The van der Waals surface area contributed by atoms with Gasteiger partial charge in [-0.2, -0.15) is 0 Å². The number of hydrogen-bond donors (Lipinski definition) is 1. The third kappa shape index (κ3) is 3.74. The van der Waals surface area contributed by atoms with Gasteiger partial charge < -0.3 is 14.8 Å². The first-order valence-corrected chi connectivity index (χ1v) is 6.28. The Labute approximate surface area is 92.5 Å². The molecule has 1 N–H and O–H groups in total. The molecule has 0 amide bonds. The van der Waals surface area contributed by atoms with Gasteiger partial charge in [-0.05, 0) is 51.6 Å². The van der Waals surface area contributed by atoms with Crippen molar-refractivity contribution in [3.63, 3.8) is 0 Å². The highest BCUT2D eigenvalue weighted by Crippen LogP contribution is 2.20. The van der Waals surface area contributed by atoms with E-state index in [4.69, 9.17) is 9.47 Å². The number of ether oxygens (including phenoxy) is 2. The van der Waals surface area contributed by atoms with E-state index < -0.39 is 0 Å². The number of nitrogens with one attached hydrogen (secondary N) is 1. The van der Waals surface area contributed by atoms with E-state index in [1.165, 1.54) is 25.7 Å². The van der Waals surface area contributed by atoms with Crippen LogP contribution >= 0.6 is 0 Å². The van der Waals surface area contributed by atoms with Gasteiger partial charge in [-0.1, -0.05) is 0 Å². The van der Waals surface area contributed by atoms with Crippen molar-refractivity contribution in [2.75, 3.05) is 26.3 Å². The molecule has 2 fully saturated rings. The number of hydrogen-bond acceptors (Lipinski definition) is 3. The maximum atomic E-state index is 5.75. The van der Waals surface area contributed by atoms with Gasteiger partial charge in [0.1, 0.15) is 0 Å². The molecule has 3 heteroatoms. The predicted molar refractivity (Wildman–Crippen MR) is 60.0 cm³/mol. The van der Waals surface area contributed by atoms with E-state index in [0.717, 1.165) is 32.2 Å². The molecule has 0 aromatic heterocycles. The van der Waals surface area contributed by atoms with Gasteiger partial charge in [0, 0.05) is 6.61 Å². The second-order valence-electron chi connectivity index (χ2n) is 4.88. The predicted octanol–water partition coefficient (Wildman–Crippen LogP) is 1.57. The molecule has 0 saturated carbocycles. The van der Waals surface area contributed by atoms with Crippen molar-refractivity contribution in [2.24, 2.45) is 5.92 Å². The maximum absolute atomic E-state index is 5.75. The summed E-state index contributed by atoms with van der Waals surface area (Å²) in [4.78, 5) is 0. The fourth-order valence-corrected chi connectivity index (χ4v) is 2.42. The minimum Gasteiger partial charge on any atom is -0.378 e. The van der Waals surface area contributed by atoms with Crippen molar-refractivity contribution in [3.05, 3.63) is 0 Å². The van der Waals surface area contributed by atoms with Gasteiger partial charge >= 0.3 is 0 Å². The topological polar surface area (TPSA) is 30.5 Å². The van der Waals surface area contributed by atoms with E-state index in [0.29, 0.717) is 12.2 Å². The molecule has 0 radical (unpaired) electrons. The zero-order valence-corrected chi connectivity index (χ0v) is 9.71. The molecule has 2 aliphatic heterocycles. The van der Waals surface area contributed by atoms with Gasteiger partial charge in [0.15, 0.2) is 0 Å². The standard InChI is InChI=1S/C12H23NO2/c1-10-2-3-12(15-10)9-14-8-11-4-6-13-7-5-11/h10-13H,2-9H2,1H3. The minimum absolute atomic E-state index is 0.363. The summed E-state index contributed by atoms with van der Waals surface area (Å²) in [5, 5.41) is 3.37. The van der Waals surface area contributed by atoms with E-state index >= 15 is 0 Å². The third-order valence-electron chi connectivity index (χ3n) is 3.44. The van der Waals surface area contributed by atoms with Crippen molar-refractivity contribution < 1.29 is 9.47 Å². The lowest BCUT2D eigenvalue weighted by atomic mass is 9.99. The van der Waals surface area contributed by atoms with Crippen molar-refractivity contribution in [1.82, 2.24) is 5.32 Å². The first-order valence-electron chi connectivity index (χ1n) is 6.28. The monoisotopic (exact) mass is 213 g/mol. The molecule has 2 atom stereocenters. The van der Waals surface area contributed by atoms with Gasteiger partial charge in [0.25, 0.3) is 0 Å². The summed E-state index contributed by atoms with van der Waals surface area (Å²) >= 11 is 0. The van der Waals surface area contributed by atoms with Gasteiger partial charge in [0.05, 0.1) is 18.8 Å². The molecule has 0 aromatic rings. The van der Waals surface area contributed by atoms with E-state index in [1.54, 1.807) is 0 Å². The highest BCUT2D eigenvalue weighted by atomic mass is 16.5. The van der Waals surface area contributed by atoms with Gasteiger partial charge in [0.2, 0.25) is 0 Å². The zero-order valence-electron chi connectivity index (χ0n) is 9.71. The van der Waals surface area contributed by atoms with Crippen LogP contribution in [0.15, 0.2) is 0 Å². The van der Waals surface area contributed by atoms with E-state index in [9.17, 15) is 0 Å². The summed E-state index contributed by atoms with van der Waals surface area (Å²) in [6.07, 6.45) is 5.71. The quantitative estimate of drug-likeness (QED) is 0.769. The molecular weight excluding hydrogens is 190 g/mol. The van der Waals surface area contributed by atoms with Crippen LogP contribution in [0.2, 0.25) is 0 Å². The number of rotatable bonds is 4. The molecule has 15 heavy (non-hydrogen) atoms. The average molecular weight is 213 g/mol. The summed E-state index contributed by atoms with van der Waals surface area (Å²) in [6.45, 7) is 6.19. The van der Waals surface area contributed by atoms with Crippen LogP contribution in [0, 0.1) is 5.92 Å². The lowest BCUT2D eigenvalue weighted by molar-refractivity contribution is -0.0198. The Balaban J connectivity index is 1.54. The van der Waals surface area contributed by atoms with E-state index in [1.807, 2.05) is 0 Å². The van der Waals surface area contributed by atoms with Crippen LogP contribution in [0.4, 0.5) is 0 Å². The van der Waals surface area contributed by atoms with Gasteiger partial charge in [-0.25, -0.2) is 0 Å². The largest absolute Gasteiger partial charge is 0.378 e. The fraction of sp³-hybridized carbons (Fsp3) is 1.00. The van der Waals surface area contributed by atoms with Crippen LogP contribution < -0.4 is 5.32 Å². The molecule has 0 aromatic carbocycles. The second kappa shape index (κ2) is 5.83. The Morgan fingerprint density at radius 1 is 1.13 bits per heavy atom. The number of piperidine rings is 1. The minimum atomic E-state index is 0.363. The lowest BCUT2D eigenvalue weighted by Crippen LogP contribution is -2.30. The Hall–Kier alpha value is -0.120.